The van der Waals surface area contributed by atoms with Gasteiger partial charge >= 0.3 is 0 Å². The van der Waals surface area contributed by atoms with Crippen molar-refractivity contribution in [1.82, 2.24) is 19.8 Å². The Morgan fingerprint density at radius 2 is 1.83 bits per heavy atom. The number of hydrogen-bond acceptors (Lipinski definition) is 4. The van der Waals surface area contributed by atoms with Crippen molar-refractivity contribution in [3.63, 3.8) is 0 Å². The van der Waals surface area contributed by atoms with Gasteiger partial charge in [-0.25, -0.2) is 8.96 Å². The maximum absolute atomic E-state index is 14.3. The Morgan fingerprint density at radius 1 is 1.11 bits per heavy atom. The molecule has 1 heterocycles. The zero-order valence-electron chi connectivity index (χ0n) is 19.8. The fourth-order valence-electron chi connectivity index (χ4n) is 4.08. The van der Waals surface area contributed by atoms with Crippen molar-refractivity contribution in [1.29, 1.82) is 0 Å². The number of carbonyl (C=O) groups is 1. The molecular formula is C27H27FN4O2S. The summed E-state index contributed by atoms with van der Waals surface area (Å²) in [6, 6.07) is 19.1. The van der Waals surface area contributed by atoms with Gasteiger partial charge < -0.3 is 15.2 Å². The van der Waals surface area contributed by atoms with Crippen LogP contribution in [0.1, 0.15) is 34.5 Å². The third kappa shape index (κ3) is 5.08. The first-order valence-electron chi connectivity index (χ1n) is 11.4. The van der Waals surface area contributed by atoms with E-state index in [1.807, 2.05) is 14.1 Å². The summed E-state index contributed by atoms with van der Waals surface area (Å²) < 4.78 is 15.5. The highest BCUT2D eigenvalue weighted by atomic mass is 32.1. The lowest BCUT2D eigenvalue weighted by atomic mass is 10.0. The second-order valence-electron chi connectivity index (χ2n) is 8.57. The minimum atomic E-state index is -0.552. The van der Waals surface area contributed by atoms with Gasteiger partial charge in [0.05, 0.1) is 22.6 Å². The lowest BCUT2D eigenvalue weighted by Gasteiger charge is -2.25. The predicted molar refractivity (Wildman–Crippen MR) is 139 cm³/mol. The Kier molecular flexibility index (Phi) is 7.23. The second-order valence-corrected chi connectivity index (χ2v) is 8.95. The number of aromatic amines is 1. The molecule has 8 heteroatoms. The Balaban J connectivity index is 1.59. The SMILES string of the molecule is CCc1ccc([C@@H](CNC(=O)c2ccc3c(=O)n(-c4ccccc4F)c(=S)[nH]c3c2)N(C)C)cc1. The molecule has 1 atom stereocenters. The third-order valence-corrected chi connectivity index (χ3v) is 6.39. The molecular weight excluding hydrogens is 463 g/mol. The Labute approximate surface area is 208 Å². The van der Waals surface area contributed by atoms with Crippen LogP contribution in [0.3, 0.4) is 0 Å². The number of amides is 1. The van der Waals surface area contributed by atoms with Gasteiger partial charge in [0.2, 0.25) is 0 Å². The summed E-state index contributed by atoms with van der Waals surface area (Å²) in [5.41, 5.74) is 2.81. The highest BCUT2D eigenvalue weighted by molar-refractivity contribution is 7.71. The first-order valence-corrected chi connectivity index (χ1v) is 11.8. The molecule has 4 rings (SSSR count). The Morgan fingerprint density at radius 3 is 2.49 bits per heavy atom. The van der Waals surface area contributed by atoms with E-state index in [4.69, 9.17) is 12.2 Å². The minimum absolute atomic E-state index is 0.00379. The van der Waals surface area contributed by atoms with Gasteiger partial charge in [0.15, 0.2) is 4.77 Å². The molecule has 0 radical (unpaired) electrons. The maximum atomic E-state index is 14.3. The molecule has 0 aliphatic carbocycles. The number of aromatic nitrogens is 2. The summed E-state index contributed by atoms with van der Waals surface area (Å²) in [5, 5.41) is 3.30. The number of rotatable bonds is 7. The average molecular weight is 491 g/mol. The van der Waals surface area contributed by atoms with Gasteiger partial charge in [-0.3, -0.25) is 9.59 Å². The summed E-state index contributed by atoms with van der Waals surface area (Å²) in [7, 11) is 3.95. The zero-order chi connectivity index (χ0) is 25.1. The standard InChI is InChI=1S/C27H27FN4O2S/c1-4-17-9-11-18(12-10-17)24(31(2)3)16-29-25(33)19-13-14-20-22(15-19)30-27(35)32(26(20)34)23-8-6-5-7-21(23)28/h5-15,24H,4,16H2,1-3H3,(H,29,33)(H,30,35)/t24-/m1/s1. The van der Waals surface area contributed by atoms with E-state index in [0.717, 1.165) is 16.6 Å². The molecule has 180 valence electrons. The molecule has 0 unspecified atom stereocenters. The lowest BCUT2D eigenvalue weighted by Crippen LogP contribution is -2.34. The molecule has 0 fully saturated rings. The van der Waals surface area contributed by atoms with Gasteiger partial charge in [-0.2, -0.15) is 0 Å². The molecule has 1 aromatic heterocycles. The summed E-state index contributed by atoms with van der Waals surface area (Å²) in [6.45, 7) is 2.53. The first kappa shape index (κ1) is 24.5. The fourth-order valence-corrected chi connectivity index (χ4v) is 4.37. The van der Waals surface area contributed by atoms with Crippen molar-refractivity contribution < 1.29 is 9.18 Å². The molecule has 0 aliphatic rings. The third-order valence-electron chi connectivity index (χ3n) is 6.11. The number of aryl methyl sites for hydroxylation is 1. The number of H-pyrrole nitrogens is 1. The van der Waals surface area contributed by atoms with Crippen LogP contribution in [0, 0.1) is 10.6 Å². The van der Waals surface area contributed by atoms with Gasteiger partial charge in [0, 0.05) is 12.1 Å². The fraction of sp³-hybridized carbons (Fsp3) is 0.222. The number of hydrogen-bond donors (Lipinski definition) is 2. The van der Waals surface area contributed by atoms with Crippen LogP contribution in [0.25, 0.3) is 16.6 Å². The molecule has 6 nitrogen and oxygen atoms in total. The predicted octanol–water partition coefficient (Wildman–Crippen LogP) is 4.78. The molecule has 3 aromatic carbocycles. The van der Waals surface area contributed by atoms with E-state index in [1.165, 1.54) is 17.7 Å². The smallest absolute Gasteiger partial charge is 0.266 e. The van der Waals surface area contributed by atoms with Crippen molar-refractivity contribution in [2.45, 2.75) is 19.4 Å². The monoisotopic (exact) mass is 490 g/mol. The summed E-state index contributed by atoms with van der Waals surface area (Å²) in [4.78, 5) is 31.0. The molecule has 1 amide bonds. The first-order chi connectivity index (χ1) is 16.8. The normalized spacial score (nSPS) is 12.1. The van der Waals surface area contributed by atoms with E-state index >= 15 is 0 Å². The second kappa shape index (κ2) is 10.3. The van der Waals surface area contributed by atoms with Crippen molar-refractivity contribution in [2.24, 2.45) is 0 Å². The number of nitrogens with one attached hydrogen (secondary N) is 2. The number of nitrogens with zero attached hydrogens (tertiary/aromatic N) is 2. The van der Waals surface area contributed by atoms with Gasteiger partial charge in [-0.05, 0) is 74.2 Å². The summed E-state index contributed by atoms with van der Waals surface area (Å²) in [5.74, 6) is -0.814. The van der Waals surface area contributed by atoms with E-state index in [-0.39, 0.29) is 22.4 Å². The Hall–Kier alpha value is -3.62. The van der Waals surface area contributed by atoms with Gasteiger partial charge in [-0.1, -0.05) is 43.3 Å². The average Bonchev–Trinajstić information content (AvgIpc) is 2.85. The minimum Gasteiger partial charge on any atom is -0.350 e. The van der Waals surface area contributed by atoms with E-state index in [2.05, 4.69) is 46.4 Å². The molecule has 0 saturated heterocycles. The molecule has 2 N–H and O–H groups in total. The van der Waals surface area contributed by atoms with Crippen LogP contribution in [0.2, 0.25) is 0 Å². The van der Waals surface area contributed by atoms with E-state index in [1.54, 1.807) is 30.3 Å². The number of likely N-dealkylation sites (N-methyl/N-ethyl adjacent to an activating group) is 1. The summed E-state index contributed by atoms with van der Waals surface area (Å²) >= 11 is 5.34. The molecule has 35 heavy (non-hydrogen) atoms. The van der Waals surface area contributed by atoms with Crippen LogP contribution < -0.4 is 10.9 Å². The van der Waals surface area contributed by atoms with Gasteiger partial charge in [0.25, 0.3) is 11.5 Å². The quantitative estimate of drug-likeness (QED) is 0.366. The zero-order valence-corrected chi connectivity index (χ0v) is 20.7. The number of halogens is 1. The van der Waals surface area contributed by atoms with E-state index in [9.17, 15) is 14.0 Å². The van der Waals surface area contributed by atoms with Crippen molar-refractivity contribution in [3.05, 3.63) is 104 Å². The van der Waals surface area contributed by atoms with Crippen LogP contribution in [-0.4, -0.2) is 41.0 Å². The molecule has 0 aliphatic heterocycles. The van der Waals surface area contributed by atoms with Crippen LogP contribution in [-0.2, 0) is 6.42 Å². The number of carbonyl (C=O) groups excluding carboxylic acids is 1. The highest BCUT2D eigenvalue weighted by Crippen LogP contribution is 2.19. The van der Waals surface area contributed by atoms with Crippen LogP contribution >= 0.6 is 12.2 Å². The van der Waals surface area contributed by atoms with Gasteiger partial charge in [0.1, 0.15) is 5.82 Å². The number of fused-ring (bicyclic) bond motifs is 1. The van der Waals surface area contributed by atoms with Crippen LogP contribution in [0.5, 0.6) is 0 Å². The maximum Gasteiger partial charge on any atom is 0.266 e. The molecule has 0 spiro atoms. The van der Waals surface area contributed by atoms with E-state index < -0.39 is 11.4 Å². The van der Waals surface area contributed by atoms with E-state index in [0.29, 0.717) is 23.0 Å². The number of para-hydroxylation sites is 1. The lowest BCUT2D eigenvalue weighted by molar-refractivity contribution is 0.0942. The van der Waals surface area contributed by atoms with Crippen molar-refractivity contribution in [3.8, 4) is 5.69 Å². The largest absolute Gasteiger partial charge is 0.350 e. The van der Waals surface area contributed by atoms with Crippen LogP contribution in [0.15, 0.2) is 71.5 Å². The molecule has 0 saturated carbocycles. The number of benzene rings is 3. The van der Waals surface area contributed by atoms with Gasteiger partial charge in [-0.15, -0.1) is 0 Å². The molecule has 0 bridgehead atoms. The van der Waals surface area contributed by atoms with Crippen LogP contribution in [0.4, 0.5) is 4.39 Å². The summed E-state index contributed by atoms with van der Waals surface area (Å²) in [6.07, 6.45) is 0.972. The highest BCUT2D eigenvalue weighted by Gasteiger charge is 2.17. The Bertz CT molecular complexity index is 1490. The van der Waals surface area contributed by atoms with Crippen molar-refractivity contribution in [2.75, 3.05) is 20.6 Å². The van der Waals surface area contributed by atoms with Crippen molar-refractivity contribution >= 4 is 29.0 Å². The molecule has 4 aromatic rings. The topological polar surface area (TPSA) is 70.1 Å².